The molecule has 0 bridgehead atoms. The monoisotopic (exact) mass is 260 g/mol. The quantitative estimate of drug-likeness (QED) is 0.756. The highest BCUT2D eigenvalue weighted by atomic mass is 32.2. The van der Waals surface area contributed by atoms with Gasteiger partial charge in [-0.15, -0.1) is 0 Å². The molecular formula is C11H20N2OS2. The molecule has 1 atom stereocenters. The lowest BCUT2D eigenvalue weighted by Crippen LogP contribution is -2.46. The summed E-state index contributed by atoms with van der Waals surface area (Å²) in [5.41, 5.74) is 4.80. The van der Waals surface area contributed by atoms with E-state index in [-0.39, 0.29) is 10.9 Å². The number of nitrogens with one attached hydrogen (secondary N) is 1. The Morgan fingerprint density at radius 3 is 2.75 bits per heavy atom. The third-order valence-electron chi connectivity index (χ3n) is 2.95. The van der Waals surface area contributed by atoms with Crippen molar-refractivity contribution in [3.63, 3.8) is 0 Å². The van der Waals surface area contributed by atoms with Crippen molar-refractivity contribution in [1.82, 2.24) is 5.32 Å². The smallest absolute Gasteiger partial charge is 0.232 e. The van der Waals surface area contributed by atoms with Gasteiger partial charge in [0.1, 0.15) is 0 Å². The van der Waals surface area contributed by atoms with Crippen LogP contribution in [0.25, 0.3) is 0 Å². The van der Waals surface area contributed by atoms with E-state index in [0.717, 1.165) is 6.54 Å². The Labute approximate surface area is 107 Å². The molecule has 1 heterocycles. The first-order valence-corrected chi connectivity index (χ1v) is 7.10. The van der Waals surface area contributed by atoms with Crippen LogP contribution in [0.5, 0.6) is 0 Å². The van der Waals surface area contributed by atoms with Crippen LogP contribution in [0.3, 0.4) is 0 Å². The molecule has 1 fully saturated rings. The highest BCUT2D eigenvalue weighted by Gasteiger charge is 2.31. The van der Waals surface area contributed by atoms with E-state index in [1.165, 1.54) is 25.0 Å². The summed E-state index contributed by atoms with van der Waals surface area (Å²) in [5, 5.41) is 3.50. The number of rotatable bonds is 4. The summed E-state index contributed by atoms with van der Waals surface area (Å²) in [6.45, 7) is 4.26. The maximum Gasteiger partial charge on any atom is 0.232 e. The van der Waals surface area contributed by atoms with Gasteiger partial charge < -0.3 is 11.1 Å². The Hall–Kier alpha value is -0.290. The van der Waals surface area contributed by atoms with Gasteiger partial charge in [-0.3, -0.25) is 4.79 Å². The van der Waals surface area contributed by atoms with E-state index in [1.807, 2.05) is 11.8 Å². The molecule has 0 aliphatic carbocycles. The van der Waals surface area contributed by atoms with E-state index in [9.17, 15) is 4.79 Å². The largest absolute Gasteiger partial charge is 0.392 e. The number of thiocarbonyl (C=S) groups is 1. The van der Waals surface area contributed by atoms with Gasteiger partial charge in [-0.05, 0) is 32.4 Å². The normalized spacial score (nSPS) is 21.5. The first-order valence-electron chi connectivity index (χ1n) is 5.64. The third kappa shape index (κ3) is 3.63. The third-order valence-corrected chi connectivity index (χ3v) is 4.86. The van der Waals surface area contributed by atoms with Crippen molar-refractivity contribution < 1.29 is 4.79 Å². The fraction of sp³-hybridized carbons (Fsp3) is 0.818. The van der Waals surface area contributed by atoms with Gasteiger partial charge in [0.15, 0.2) is 0 Å². The van der Waals surface area contributed by atoms with Gasteiger partial charge in [0, 0.05) is 11.8 Å². The van der Waals surface area contributed by atoms with Crippen LogP contribution in [0.15, 0.2) is 0 Å². The lowest BCUT2D eigenvalue weighted by Gasteiger charge is -2.25. The Balaban J connectivity index is 2.37. The molecule has 0 saturated carbocycles. The second kappa shape index (κ2) is 5.87. The van der Waals surface area contributed by atoms with Gasteiger partial charge in [0.2, 0.25) is 5.91 Å². The first-order chi connectivity index (χ1) is 7.44. The van der Waals surface area contributed by atoms with Crippen molar-refractivity contribution in [2.75, 3.05) is 12.3 Å². The van der Waals surface area contributed by atoms with E-state index >= 15 is 0 Å². The molecule has 92 valence electrons. The summed E-state index contributed by atoms with van der Waals surface area (Å²) in [5.74, 6) is 1.14. The summed E-state index contributed by atoms with van der Waals surface area (Å²) < 4.78 is 0. The Morgan fingerprint density at radius 2 is 2.25 bits per heavy atom. The van der Waals surface area contributed by atoms with Crippen LogP contribution in [-0.4, -0.2) is 28.4 Å². The van der Waals surface area contributed by atoms with Gasteiger partial charge in [-0.1, -0.05) is 18.6 Å². The van der Waals surface area contributed by atoms with Crippen LogP contribution in [0, 0.1) is 5.41 Å². The van der Waals surface area contributed by atoms with Gasteiger partial charge in [0.25, 0.3) is 0 Å². The van der Waals surface area contributed by atoms with Crippen molar-refractivity contribution in [3.8, 4) is 0 Å². The van der Waals surface area contributed by atoms with Crippen LogP contribution in [0.4, 0.5) is 0 Å². The van der Waals surface area contributed by atoms with Crippen molar-refractivity contribution in [3.05, 3.63) is 0 Å². The Kier molecular flexibility index (Phi) is 5.05. The molecule has 0 aromatic heterocycles. The molecule has 1 saturated heterocycles. The van der Waals surface area contributed by atoms with E-state index in [2.05, 4.69) is 5.32 Å². The van der Waals surface area contributed by atoms with Crippen LogP contribution in [-0.2, 0) is 4.79 Å². The molecule has 1 unspecified atom stereocenters. The predicted molar refractivity (Wildman–Crippen MR) is 73.7 cm³/mol. The second-order valence-electron chi connectivity index (χ2n) is 4.69. The van der Waals surface area contributed by atoms with E-state index in [0.29, 0.717) is 5.25 Å². The van der Waals surface area contributed by atoms with Gasteiger partial charge >= 0.3 is 0 Å². The van der Waals surface area contributed by atoms with Crippen LogP contribution >= 0.6 is 24.0 Å². The minimum absolute atomic E-state index is 0.0637. The Morgan fingerprint density at radius 1 is 1.56 bits per heavy atom. The van der Waals surface area contributed by atoms with Crippen LogP contribution in [0.2, 0.25) is 0 Å². The van der Waals surface area contributed by atoms with Crippen molar-refractivity contribution >= 4 is 34.9 Å². The number of carbonyl (C=O) groups is 1. The number of nitrogens with two attached hydrogens (primary N) is 1. The lowest BCUT2D eigenvalue weighted by atomic mass is 9.92. The number of thioether (sulfide) groups is 1. The van der Waals surface area contributed by atoms with Crippen molar-refractivity contribution in [1.29, 1.82) is 0 Å². The minimum Gasteiger partial charge on any atom is -0.392 e. The molecule has 1 amide bonds. The Bertz CT molecular complexity index is 273. The van der Waals surface area contributed by atoms with Crippen molar-refractivity contribution in [2.45, 2.75) is 38.4 Å². The maximum atomic E-state index is 11.9. The number of hydrogen-bond donors (Lipinski definition) is 2. The van der Waals surface area contributed by atoms with Gasteiger partial charge in [0.05, 0.1) is 10.4 Å². The molecule has 0 spiro atoms. The average molecular weight is 260 g/mol. The molecular weight excluding hydrogens is 240 g/mol. The second-order valence-corrected chi connectivity index (χ2v) is 6.54. The lowest BCUT2D eigenvalue weighted by molar-refractivity contribution is -0.126. The zero-order valence-corrected chi connectivity index (χ0v) is 11.5. The van der Waals surface area contributed by atoms with Gasteiger partial charge in [-0.2, -0.15) is 11.8 Å². The number of carbonyl (C=O) groups excluding carboxylic acids is 1. The van der Waals surface area contributed by atoms with Crippen LogP contribution in [0.1, 0.15) is 33.1 Å². The zero-order chi connectivity index (χ0) is 12.2. The average Bonchev–Trinajstić information content (AvgIpc) is 2.27. The molecule has 0 aromatic rings. The van der Waals surface area contributed by atoms with Crippen molar-refractivity contribution in [2.24, 2.45) is 11.1 Å². The predicted octanol–water partition coefficient (Wildman–Crippen LogP) is 1.70. The zero-order valence-electron chi connectivity index (χ0n) is 9.91. The molecule has 3 nitrogen and oxygen atoms in total. The summed E-state index contributed by atoms with van der Waals surface area (Å²) in [4.78, 5) is 12.1. The maximum absolute atomic E-state index is 11.9. The molecule has 1 rings (SSSR count). The standard InChI is InChI=1S/C11H20N2OS2/c1-11(2,9(12)15)10(14)13-7-8-5-3-4-6-16-8/h8H,3-7H2,1-2H3,(H2,12,15)(H,13,14). The van der Waals surface area contributed by atoms with E-state index in [1.54, 1.807) is 13.8 Å². The number of amides is 1. The highest BCUT2D eigenvalue weighted by molar-refractivity contribution is 7.99. The molecule has 1 aliphatic heterocycles. The first kappa shape index (κ1) is 13.8. The molecule has 0 aromatic carbocycles. The summed E-state index contributed by atoms with van der Waals surface area (Å²) >= 11 is 6.84. The fourth-order valence-corrected chi connectivity index (χ4v) is 2.84. The molecule has 3 N–H and O–H groups in total. The van der Waals surface area contributed by atoms with E-state index < -0.39 is 5.41 Å². The highest BCUT2D eigenvalue weighted by Crippen LogP contribution is 2.24. The van der Waals surface area contributed by atoms with Crippen LogP contribution < -0.4 is 11.1 Å². The molecule has 16 heavy (non-hydrogen) atoms. The SMILES string of the molecule is CC(C)(C(=O)NCC1CCCCS1)C(N)=S. The summed E-state index contributed by atoms with van der Waals surface area (Å²) in [6, 6.07) is 0. The summed E-state index contributed by atoms with van der Waals surface area (Å²) in [7, 11) is 0. The molecule has 0 radical (unpaired) electrons. The topological polar surface area (TPSA) is 55.1 Å². The number of hydrogen-bond acceptors (Lipinski definition) is 3. The van der Waals surface area contributed by atoms with Gasteiger partial charge in [-0.25, -0.2) is 0 Å². The van der Waals surface area contributed by atoms with E-state index in [4.69, 9.17) is 18.0 Å². The minimum atomic E-state index is -0.741. The molecule has 1 aliphatic rings. The fourth-order valence-electron chi connectivity index (χ4n) is 1.51. The summed E-state index contributed by atoms with van der Waals surface area (Å²) in [6.07, 6.45) is 3.76. The molecule has 5 heteroatoms.